The lowest BCUT2D eigenvalue weighted by Crippen LogP contribution is -2.17. The van der Waals surface area contributed by atoms with Gasteiger partial charge in [-0.25, -0.2) is 0 Å². The van der Waals surface area contributed by atoms with Crippen molar-refractivity contribution < 1.29 is 4.74 Å². The number of hydrogen-bond donors (Lipinski definition) is 0. The van der Waals surface area contributed by atoms with Gasteiger partial charge in [-0.15, -0.1) is 0 Å². The van der Waals surface area contributed by atoms with Crippen LogP contribution < -0.4 is 9.64 Å². The predicted octanol–water partition coefficient (Wildman–Crippen LogP) is 4.17. The van der Waals surface area contributed by atoms with Crippen molar-refractivity contribution in [2.24, 2.45) is 0 Å². The Bertz CT molecular complexity index is 550. The number of para-hydroxylation sites is 1. The molecular weight excluding hydrogens is 234 g/mol. The van der Waals surface area contributed by atoms with Gasteiger partial charge < -0.3 is 9.64 Å². The van der Waals surface area contributed by atoms with Gasteiger partial charge >= 0.3 is 0 Å². The summed E-state index contributed by atoms with van der Waals surface area (Å²) in [5.41, 5.74) is 3.98. The third-order valence-electron chi connectivity index (χ3n) is 3.73. The molecule has 1 aliphatic heterocycles. The van der Waals surface area contributed by atoms with Gasteiger partial charge in [-0.3, -0.25) is 0 Å². The second-order valence-electron chi connectivity index (χ2n) is 4.94. The van der Waals surface area contributed by atoms with Crippen LogP contribution in [0.15, 0.2) is 48.5 Å². The van der Waals surface area contributed by atoms with Crippen LogP contribution in [0.5, 0.6) is 5.75 Å². The highest BCUT2D eigenvalue weighted by Gasteiger charge is 2.17. The van der Waals surface area contributed by atoms with Crippen molar-refractivity contribution in [3.8, 4) is 5.75 Å². The van der Waals surface area contributed by atoms with E-state index in [2.05, 4.69) is 53.4 Å². The highest BCUT2D eigenvalue weighted by molar-refractivity contribution is 5.68. The molecule has 19 heavy (non-hydrogen) atoms. The lowest BCUT2D eigenvalue weighted by Gasteiger charge is -2.25. The van der Waals surface area contributed by atoms with E-state index in [9.17, 15) is 0 Å². The zero-order chi connectivity index (χ0) is 13.1. The van der Waals surface area contributed by atoms with E-state index in [1.807, 2.05) is 0 Å². The second kappa shape index (κ2) is 5.35. The third-order valence-corrected chi connectivity index (χ3v) is 3.73. The highest BCUT2D eigenvalue weighted by atomic mass is 16.5. The normalized spacial score (nSPS) is 14.7. The summed E-state index contributed by atoms with van der Waals surface area (Å²) in [5, 5.41) is 0. The summed E-state index contributed by atoms with van der Waals surface area (Å²) >= 11 is 0. The maximum Gasteiger partial charge on any atom is 0.120 e. The Labute approximate surface area is 114 Å². The lowest BCUT2D eigenvalue weighted by atomic mass is 10.1. The molecule has 0 bridgehead atoms. The molecule has 0 radical (unpaired) electrons. The van der Waals surface area contributed by atoms with Gasteiger partial charge in [0.25, 0.3) is 0 Å². The zero-order valence-electron chi connectivity index (χ0n) is 11.3. The minimum absolute atomic E-state index is 0.932. The summed E-state index contributed by atoms with van der Waals surface area (Å²) in [4.78, 5) is 2.41. The maximum absolute atomic E-state index is 5.38. The number of methoxy groups -OCH3 is 1. The molecule has 0 N–H and O–H groups in total. The largest absolute Gasteiger partial charge is 0.497 e. The molecule has 1 heterocycles. The summed E-state index contributed by atoms with van der Waals surface area (Å²) in [7, 11) is 1.73. The number of hydrogen-bond acceptors (Lipinski definition) is 2. The van der Waals surface area contributed by atoms with Crippen LogP contribution >= 0.6 is 0 Å². The van der Waals surface area contributed by atoms with Crippen LogP contribution in [0.1, 0.15) is 18.4 Å². The van der Waals surface area contributed by atoms with Gasteiger partial charge in [0.05, 0.1) is 7.11 Å². The standard InChI is InChI=1S/C17H19NO/c1-19-16-11-10-14-7-5-6-12-18(17(14)13-16)15-8-3-2-4-9-15/h2-4,8-11,13H,5-7,12H2,1H3. The molecule has 0 atom stereocenters. The van der Waals surface area contributed by atoms with Crippen LogP contribution in [0.3, 0.4) is 0 Å². The zero-order valence-corrected chi connectivity index (χ0v) is 11.3. The van der Waals surface area contributed by atoms with Crippen LogP contribution in [0.4, 0.5) is 11.4 Å². The number of anilines is 2. The third kappa shape index (κ3) is 2.43. The first-order valence-corrected chi connectivity index (χ1v) is 6.88. The van der Waals surface area contributed by atoms with Crippen molar-refractivity contribution in [3.05, 3.63) is 54.1 Å². The summed E-state index contributed by atoms with van der Waals surface area (Å²) in [6.07, 6.45) is 3.64. The Balaban J connectivity index is 2.07. The first-order chi connectivity index (χ1) is 9.38. The first-order valence-electron chi connectivity index (χ1n) is 6.88. The van der Waals surface area contributed by atoms with Crippen molar-refractivity contribution in [2.45, 2.75) is 19.3 Å². The van der Waals surface area contributed by atoms with Gasteiger partial charge in [-0.1, -0.05) is 24.3 Å². The summed E-state index contributed by atoms with van der Waals surface area (Å²) in [6, 6.07) is 17.0. The maximum atomic E-state index is 5.38. The molecule has 2 heteroatoms. The van der Waals surface area contributed by atoms with E-state index in [4.69, 9.17) is 4.74 Å². The van der Waals surface area contributed by atoms with E-state index in [1.54, 1.807) is 7.11 Å². The van der Waals surface area contributed by atoms with Gasteiger partial charge in [0.1, 0.15) is 5.75 Å². The van der Waals surface area contributed by atoms with E-state index in [0.717, 1.165) is 18.7 Å². The molecule has 3 rings (SSSR count). The average molecular weight is 253 g/mol. The van der Waals surface area contributed by atoms with Crippen LogP contribution in [-0.4, -0.2) is 13.7 Å². The van der Waals surface area contributed by atoms with E-state index in [1.165, 1.54) is 29.8 Å². The molecule has 0 spiro atoms. The van der Waals surface area contributed by atoms with Crippen LogP contribution in [0, 0.1) is 0 Å². The van der Waals surface area contributed by atoms with Crippen LogP contribution in [0.25, 0.3) is 0 Å². The summed E-state index contributed by atoms with van der Waals surface area (Å²) < 4.78 is 5.38. The first kappa shape index (κ1) is 12.1. The fourth-order valence-corrected chi connectivity index (χ4v) is 2.72. The fraction of sp³-hybridized carbons (Fsp3) is 0.294. The van der Waals surface area contributed by atoms with Crippen molar-refractivity contribution in [3.63, 3.8) is 0 Å². The summed E-state index contributed by atoms with van der Waals surface area (Å²) in [5.74, 6) is 0.932. The lowest BCUT2D eigenvalue weighted by molar-refractivity contribution is 0.415. The molecule has 0 saturated carbocycles. The molecule has 2 nitrogen and oxygen atoms in total. The molecular formula is C17H19NO. The summed E-state index contributed by atoms with van der Waals surface area (Å²) in [6.45, 7) is 1.07. The number of rotatable bonds is 2. The molecule has 0 aliphatic carbocycles. The van der Waals surface area contributed by atoms with E-state index in [0.29, 0.717) is 0 Å². The molecule has 2 aromatic carbocycles. The van der Waals surface area contributed by atoms with E-state index < -0.39 is 0 Å². The van der Waals surface area contributed by atoms with Gasteiger partial charge in [0, 0.05) is 24.0 Å². The Kier molecular flexibility index (Phi) is 3.41. The SMILES string of the molecule is COc1ccc2c(c1)N(c1ccccc1)CCCC2. The van der Waals surface area contributed by atoms with Crippen LogP contribution in [0.2, 0.25) is 0 Å². The monoisotopic (exact) mass is 253 g/mol. The topological polar surface area (TPSA) is 12.5 Å². The number of fused-ring (bicyclic) bond motifs is 1. The Morgan fingerprint density at radius 3 is 2.63 bits per heavy atom. The molecule has 0 aromatic heterocycles. The van der Waals surface area contributed by atoms with Gasteiger partial charge in [-0.2, -0.15) is 0 Å². The molecule has 98 valence electrons. The fourth-order valence-electron chi connectivity index (χ4n) is 2.72. The second-order valence-corrected chi connectivity index (χ2v) is 4.94. The molecule has 0 unspecified atom stereocenters. The molecule has 1 aliphatic rings. The minimum atomic E-state index is 0.932. The van der Waals surface area contributed by atoms with Gasteiger partial charge in [0.2, 0.25) is 0 Å². The number of benzene rings is 2. The van der Waals surface area contributed by atoms with Crippen LogP contribution in [-0.2, 0) is 6.42 Å². The minimum Gasteiger partial charge on any atom is -0.497 e. The predicted molar refractivity (Wildman–Crippen MR) is 79.4 cm³/mol. The molecule has 0 fully saturated rings. The molecule has 0 amide bonds. The highest BCUT2D eigenvalue weighted by Crippen LogP contribution is 2.34. The van der Waals surface area contributed by atoms with Crippen molar-refractivity contribution >= 4 is 11.4 Å². The number of aryl methyl sites for hydroxylation is 1. The van der Waals surface area contributed by atoms with Crippen molar-refractivity contribution in [2.75, 3.05) is 18.6 Å². The Hall–Kier alpha value is -1.96. The van der Waals surface area contributed by atoms with Gasteiger partial charge in [-0.05, 0) is 43.0 Å². The van der Waals surface area contributed by atoms with Crippen molar-refractivity contribution in [1.82, 2.24) is 0 Å². The number of nitrogens with zero attached hydrogens (tertiary/aromatic N) is 1. The van der Waals surface area contributed by atoms with E-state index >= 15 is 0 Å². The van der Waals surface area contributed by atoms with E-state index in [-0.39, 0.29) is 0 Å². The number of ether oxygens (including phenoxy) is 1. The quantitative estimate of drug-likeness (QED) is 0.796. The molecule has 0 saturated heterocycles. The Morgan fingerprint density at radius 1 is 1.00 bits per heavy atom. The Morgan fingerprint density at radius 2 is 1.84 bits per heavy atom. The smallest absolute Gasteiger partial charge is 0.120 e. The molecule has 2 aromatic rings. The van der Waals surface area contributed by atoms with Crippen molar-refractivity contribution in [1.29, 1.82) is 0 Å². The van der Waals surface area contributed by atoms with Gasteiger partial charge in [0.15, 0.2) is 0 Å². The average Bonchev–Trinajstić information content (AvgIpc) is 2.69.